The van der Waals surface area contributed by atoms with Crippen LogP contribution in [0.1, 0.15) is 10.4 Å². The Hall–Kier alpha value is -2.86. The lowest BCUT2D eigenvalue weighted by Crippen LogP contribution is -2.44. The van der Waals surface area contributed by atoms with Crippen molar-refractivity contribution in [1.82, 2.24) is 5.32 Å². The van der Waals surface area contributed by atoms with Gasteiger partial charge in [0, 0.05) is 18.4 Å². The highest BCUT2D eigenvalue weighted by Gasteiger charge is 2.23. The fourth-order valence-corrected chi connectivity index (χ4v) is 2.33. The highest BCUT2D eigenvalue weighted by Crippen LogP contribution is 2.26. The first-order chi connectivity index (χ1) is 11.6. The van der Waals surface area contributed by atoms with Crippen LogP contribution in [-0.4, -0.2) is 38.7 Å². The van der Waals surface area contributed by atoms with Crippen molar-refractivity contribution in [2.24, 2.45) is 0 Å². The maximum absolute atomic E-state index is 12.6. The van der Waals surface area contributed by atoms with Crippen molar-refractivity contribution in [3.8, 4) is 11.1 Å². The standard InChI is InChI=1S/C18H20N2O4/c1-23-11-16(18(22)24-2)20-17(21)14-9-8-13(19)10-15(14)12-6-4-3-5-7-12/h3-10,16H,11,19H2,1-2H3,(H,20,21)/t16-/m0/s1. The normalized spacial score (nSPS) is 11.6. The number of nitrogen functional groups attached to an aromatic ring is 1. The maximum atomic E-state index is 12.6. The number of esters is 1. The fraction of sp³-hybridized carbons (Fsp3) is 0.222. The molecule has 0 fully saturated rings. The Bertz CT molecular complexity index is 716. The van der Waals surface area contributed by atoms with E-state index in [1.807, 2.05) is 30.3 Å². The lowest BCUT2D eigenvalue weighted by atomic mass is 9.98. The van der Waals surface area contributed by atoms with Gasteiger partial charge in [-0.3, -0.25) is 4.79 Å². The van der Waals surface area contributed by atoms with Crippen molar-refractivity contribution in [3.05, 3.63) is 54.1 Å². The first kappa shape index (κ1) is 17.5. The van der Waals surface area contributed by atoms with Crippen molar-refractivity contribution in [1.29, 1.82) is 0 Å². The van der Waals surface area contributed by atoms with E-state index in [0.29, 0.717) is 16.8 Å². The van der Waals surface area contributed by atoms with Crippen LogP contribution >= 0.6 is 0 Å². The molecule has 0 radical (unpaired) electrons. The Morgan fingerprint density at radius 2 is 1.83 bits per heavy atom. The zero-order valence-corrected chi connectivity index (χ0v) is 13.6. The van der Waals surface area contributed by atoms with E-state index < -0.39 is 17.9 Å². The average Bonchev–Trinajstić information content (AvgIpc) is 2.61. The second-order valence-electron chi connectivity index (χ2n) is 5.18. The summed E-state index contributed by atoms with van der Waals surface area (Å²) in [6.07, 6.45) is 0. The molecule has 1 amide bonds. The van der Waals surface area contributed by atoms with Gasteiger partial charge in [0.2, 0.25) is 0 Å². The van der Waals surface area contributed by atoms with E-state index in [-0.39, 0.29) is 6.61 Å². The molecule has 1 atom stereocenters. The third kappa shape index (κ3) is 4.11. The zero-order chi connectivity index (χ0) is 17.5. The lowest BCUT2D eigenvalue weighted by Gasteiger charge is -2.17. The van der Waals surface area contributed by atoms with Gasteiger partial charge in [0.15, 0.2) is 6.04 Å². The summed E-state index contributed by atoms with van der Waals surface area (Å²) in [4.78, 5) is 24.4. The third-order valence-corrected chi connectivity index (χ3v) is 3.50. The van der Waals surface area contributed by atoms with Gasteiger partial charge < -0.3 is 20.5 Å². The molecule has 0 heterocycles. The number of nitrogens with one attached hydrogen (secondary N) is 1. The second kappa shape index (κ2) is 8.12. The SMILES string of the molecule is COC[C@H](NC(=O)c1ccc(N)cc1-c1ccccc1)C(=O)OC. The largest absolute Gasteiger partial charge is 0.467 e. The molecular formula is C18H20N2O4. The monoisotopic (exact) mass is 328 g/mol. The summed E-state index contributed by atoms with van der Waals surface area (Å²) in [5.74, 6) is -0.969. The van der Waals surface area contributed by atoms with E-state index in [1.165, 1.54) is 14.2 Å². The predicted octanol–water partition coefficient (Wildman–Crippen LogP) is 1.85. The number of anilines is 1. The Balaban J connectivity index is 2.34. The molecule has 6 heteroatoms. The number of nitrogens with two attached hydrogens (primary N) is 1. The molecule has 0 aliphatic rings. The molecule has 0 saturated heterocycles. The van der Waals surface area contributed by atoms with Crippen LogP contribution in [-0.2, 0) is 14.3 Å². The zero-order valence-electron chi connectivity index (χ0n) is 13.6. The van der Waals surface area contributed by atoms with E-state index in [9.17, 15) is 9.59 Å². The van der Waals surface area contributed by atoms with Gasteiger partial charge in [-0.2, -0.15) is 0 Å². The molecule has 6 nitrogen and oxygen atoms in total. The van der Waals surface area contributed by atoms with Crippen LogP contribution in [0.2, 0.25) is 0 Å². The molecule has 0 aliphatic heterocycles. The predicted molar refractivity (Wildman–Crippen MR) is 91.4 cm³/mol. The van der Waals surface area contributed by atoms with Crippen LogP contribution in [0.3, 0.4) is 0 Å². The quantitative estimate of drug-likeness (QED) is 0.624. The topological polar surface area (TPSA) is 90.6 Å². The number of hydrogen-bond acceptors (Lipinski definition) is 5. The molecule has 0 saturated carbocycles. The Labute approximate surface area is 140 Å². The Kier molecular flexibility index (Phi) is 5.92. The van der Waals surface area contributed by atoms with Crippen molar-refractivity contribution < 1.29 is 19.1 Å². The highest BCUT2D eigenvalue weighted by molar-refractivity contribution is 6.03. The second-order valence-corrected chi connectivity index (χ2v) is 5.18. The average molecular weight is 328 g/mol. The van der Waals surface area contributed by atoms with Crippen LogP contribution < -0.4 is 11.1 Å². The number of ether oxygens (including phenoxy) is 2. The van der Waals surface area contributed by atoms with Gasteiger partial charge in [-0.05, 0) is 29.3 Å². The molecule has 0 aromatic heterocycles. The first-order valence-electron chi connectivity index (χ1n) is 7.39. The van der Waals surface area contributed by atoms with Crippen molar-refractivity contribution >= 4 is 17.6 Å². The summed E-state index contributed by atoms with van der Waals surface area (Å²) in [5.41, 5.74) is 8.37. The number of rotatable bonds is 6. The Morgan fingerprint density at radius 3 is 2.46 bits per heavy atom. The molecule has 0 bridgehead atoms. The van der Waals surface area contributed by atoms with E-state index >= 15 is 0 Å². The van der Waals surface area contributed by atoms with Gasteiger partial charge >= 0.3 is 5.97 Å². The molecule has 2 aromatic carbocycles. The van der Waals surface area contributed by atoms with Gasteiger partial charge in [0.05, 0.1) is 13.7 Å². The third-order valence-electron chi connectivity index (χ3n) is 3.50. The van der Waals surface area contributed by atoms with Gasteiger partial charge in [-0.1, -0.05) is 30.3 Å². The Morgan fingerprint density at radius 1 is 1.12 bits per heavy atom. The van der Waals surface area contributed by atoms with Crippen LogP contribution in [0.15, 0.2) is 48.5 Å². The summed E-state index contributed by atoms with van der Waals surface area (Å²) in [7, 11) is 2.70. The van der Waals surface area contributed by atoms with Gasteiger partial charge in [0.25, 0.3) is 5.91 Å². The number of carbonyl (C=O) groups is 2. The van der Waals surface area contributed by atoms with E-state index in [4.69, 9.17) is 10.5 Å². The summed E-state index contributed by atoms with van der Waals surface area (Å²) in [6, 6.07) is 13.5. The molecule has 126 valence electrons. The molecule has 2 aromatic rings. The lowest BCUT2D eigenvalue weighted by molar-refractivity contribution is -0.144. The minimum atomic E-state index is -0.881. The highest BCUT2D eigenvalue weighted by atomic mass is 16.5. The minimum absolute atomic E-state index is 0.0219. The van der Waals surface area contributed by atoms with Gasteiger partial charge in [-0.25, -0.2) is 4.79 Å². The summed E-state index contributed by atoms with van der Waals surface area (Å²) >= 11 is 0. The van der Waals surface area contributed by atoms with Crippen LogP contribution in [0, 0.1) is 0 Å². The van der Waals surface area contributed by atoms with E-state index in [0.717, 1.165) is 5.56 Å². The summed E-state index contributed by atoms with van der Waals surface area (Å²) < 4.78 is 9.64. The first-order valence-corrected chi connectivity index (χ1v) is 7.39. The maximum Gasteiger partial charge on any atom is 0.330 e. The van der Waals surface area contributed by atoms with Crippen molar-refractivity contribution in [3.63, 3.8) is 0 Å². The minimum Gasteiger partial charge on any atom is -0.467 e. The van der Waals surface area contributed by atoms with Gasteiger partial charge in [-0.15, -0.1) is 0 Å². The van der Waals surface area contributed by atoms with Crippen LogP contribution in [0.25, 0.3) is 11.1 Å². The van der Waals surface area contributed by atoms with Crippen molar-refractivity contribution in [2.45, 2.75) is 6.04 Å². The molecule has 0 aliphatic carbocycles. The number of benzene rings is 2. The number of carbonyl (C=O) groups excluding carboxylic acids is 2. The smallest absolute Gasteiger partial charge is 0.330 e. The summed E-state index contributed by atoms with van der Waals surface area (Å²) in [5, 5.41) is 2.64. The number of hydrogen-bond donors (Lipinski definition) is 2. The van der Waals surface area contributed by atoms with E-state index in [2.05, 4.69) is 10.1 Å². The number of amides is 1. The fourth-order valence-electron chi connectivity index (χ4n) is 2.33. The van der Waals surface area contributed by atoms with E-state index in [1.54, 1.807) is 18.2 Å². The number of methoxy groups -OCH3 is 2. The molecule has 2 rings (SSSR count). The molecule has 24 heavy (non-hydrogen) atoms. The summed E-state index contributed by atoms with van der Waals surface area (Å²) in [6.45, 7) is 0.0219. The van der Waals surface area contributed by atoms with Crippen LogP contribution in [0.4, 0.5) is 5.69 Å². The molecule has 0 spiro atoms. The molecule has 3 N–H and O–H groups in total. The van der Waals surface area contributed by atoms with Crippen LogP contribution in [0.5, 0.6) is 0 Å². The molecule has 0 unspecified atom stereocenters. The van der Waals surface area contributed by atoms with Crippen molar-refractivity contribution in [2.75, 3.05) is 26.6 Å². The molecular weight excluding hydrogens is 308 g/mol. The van der Waals surface area contributed by atoms with Gasteiger partial charge in [0.1, 0.15) is 0 Å².